The third-order valence-electron chi connectivity index (χ3n) is 3.93. The minimum absolute atomic E-state index is 0.0763. The first kappa shape index (κ1) is 15.7. The highest BCUT2D eigenvalue weighted by Gasteiger charge is 2.27. The molecule has 6 heteroatoms. The van der Waals surface area contributed by atoms with E-state index in [0.717, 1.165) is 32.0 Å². The number of rotatable bonds is 5. The van der Waals surface area contributed by atoms with Gasteiger partial charge in [0.25, 0.3) is 0 Å². The van der Waals surface area contributed by atoms with Crippen LogP contribution in [0.15, 0.2) is 18.2 Å². The van der Waals surface area contributed by atoms with Crippen LogP contribution in [0.2, 0.25) is 0 Å². The Balaban J connectivity index is 2.29. The summed E-state index contributed by atoms with van der Waals surface area (Å²) in [6.45, 7) is 6.59. The summed E-state index contributed by atoms with van der Waals surface area (Å²) >= 11 is 0. The fourth-order valence-corrected chi connectivity index (χ4v) is 2.86. The molecule has 0 aliphatic carbocycles. The number of nitrogens with zero attached hydrogens (tertiary/aromatic N) is 2. The van der Waals surface area contributed by atoms with Gasteiger partial charge in [-0.05, 0) is 57.8 Å². The van der Waals surface area contributed by atoms with Crippen molar-refractivity contribution in [2.45, 2.75) is 32.7 Å². The maximum absolute atomic E-state index is 13.8. The highest BCUT2D eigenvalue weighted by atomic mass is 19.1. The summed E-state index contributed by atoms with van der Waals surface area (Å²) in [7, 11) is 0. The molecule has 5 nitrogen and oxygen atoms in total. The van der Waals surface area contributed by atoms with Crippen molar-refractivity contribution in [2.75, 3.05) is 24.5 Å². The molecule has 1 N–H and O–H groups in total. The van der Waals surface area contributed by atoms with E-state index in [4.69, 9.17) is 0 Å². The summed E-state index contributed by atoms with van der Waals surface area (Å²) in [4.78, 5) is 12.5. The Bertz CT molecular complexity index is 502. The van der Waals surface area contributed by atoms with Crippen molar-refractivity contribution in [3.63, 3.8) is 0 Å². The summed E-state index contributed by atoms with van der Waals surface area (Å²) in [6.07, 6.45) is 2.21. The second kappa shape index (κ2) is 6.85. The van der Waals surface area contributed by atoms with E-state index in [-0.39, 0.29) is 6.04 Å². The lowest BCUT2D eigenvalue weighted by Crippen LogP contribution is -2.41. The Morgan fingerprint density at radius 2 is 2.29 bits per heavy atom. The molecule has 1 aliphatic heterocycles. The van der Waals surface area contributed by atoms with Gasteiger partial charge in [-0.1, -0.05) is 6.07 Å². The number of anilines is 1. The van der Waals surface area contributed by atoms with Crippen LogP contribution in [0.25, 0.3) is 0 Å². The van der Waals surface area contributed by atoms with E-state index in [1.165, 1.54) is 6.07 Å². The van der Waals surface area contributed by atoms with Crippen LogP contribution in [-0.2, 0) is 0 Å². The Hall–Kier alpha value is -1.69. The average molecular weight is 295 g/mol. The molecule has 1 aromatic carbocycles. The van der Waals surface area contributed by atoms with Gasteiger partial charge in [0.05, 0.1) is 4.92 Å². The zero-order valence-electron chi connectivity index (χ0n) is 12.5. The SMILES string of the molecule is CC(C)N(CC1CCCNC1)c1cccc(F)c1[N+](=O)[O-]. The van der Waals surface area contributed by atoms with Gasteiger partial charge in [0.2, 0.25) is 5.82 Å². The molecule has 0 spiro atoms. The molecule has 1 fully saturated rings. The van der Waals surface area contributed by atoms with Crippen LogP contribution in [0.1, 0.15) is 26.7 Å². The number of hydrogen-bond donors (Lipinski definition) is 1. The van der Waals surface area contributed by atoms with Gasteiger partial charge in [-0.15, -0.1) is 0 Å². The number of piperidine rings is 1. The molecule has 1 atom stereocenters. The molecule has 0 aromatic heterocycles. The van der Waals surface area contributed by atoms with Gasteiger partial charge in [-0.25, -0.2) is 0 Å². The maximum Gasteiger partial charge on any atom is 0.327 e. The van der Waals surface area contributed by atoms with Crippen molar-refractivity contribution < 1.29 is 9.31 Å². The topological polar surface area (TPSA) is 58.4 Å². The number of benzene rings is 1. The average Bonchev–Trinajstić information content (AvgIpc) is 2.45. The molecular formula is C15H22FN3O2. The summed E-state index contributed by atoms with van der Waals surface area (Å²) in [5, 5.41) is 14.5. The Kier molecular flexibility index (Phi) is 5.12. The van der Waals surface area contributed by atoms with Crippen molar-refractivity contribution >= 4 is 11.4 Å². The molecule has 2 rings (SSSR count). The van der Waals surface area contributed by atoms with Gasteiger partial charge in [0.15, 0.2) is 0 Å². The number of nitro groups is 1. The van der Waals surface area contributed by atoms with Crippen LogP contribution in [0.5, 0.6) is 0 Å². The Labute approximate surface area is 124 Å². The zero-order valence-corrected chi connectivity index (χ0v) is 12.5. The van der Waals surface area contributed by atoms with Gasteiger partial charge in [0.1, 0.15) is 5.69 Å². The van der Waals surface area contributed by atoms with Gasteiger partial charge in [-0.3, -0.25) is 10.1 Å². The first-order chi connectivity index (χ1) is 10.0. The molecule has 0 radical (unpaired) electrons. The zero-order chi connectivity index (χ0) is 15.4. The van der Waals surface area contributed by atoms with Crippen molar-refractivity contribution in [2.24, 2.45) is 5.92 Å². The Morgan fingerprint density at radius 1 is 1.52 bits per heavy atom. The molecule has 1 unspecified atom stereocenters. The molecule has 0 saturated carbocycles. The van der Waals surface area contributed by atoms with Gasteiger partial charge in [0, 0.05) is 12.6 Å². The minimum Gasteiger partial charge on any atom is -0.363 e. The van der Waals surface area contributed by atoms with E-state index in [1.807, 2.05) is 18.7 Å². The molecule has 1 heterocycles. The van der Waals surface area contributed by atoms with Crippen molar-refractivity contribution in [3.8, 4) is 0 Å². The number of hydrogen-bond acceptors (Lipinski definition) is 4. The van der Waals surface area contributed by atoms with Crippen molar-refractivity contribution in [3.05, 3.63) is 34.1 Å². The molecule has 0 bridgehead atoms. The number of nitrogens with one attached hydrogen (secondary N) is 1. The van der Waals surface area contributed by atoms with E-state index in [9.17, 15) is 14.5 Å². The van der Waals surface area contributed by atoms with Crippen LogP contribution < -0.4 is 10.2 Å². The van der Waals surface area contributed by atoms with E-state index < -0.39 is 16.4 Å². The first-order valence-electron chi connectivity index (χ1n) is 7.41. The number of nitro benzene ring substituents is 1. The molecule has 0 amide bonds. The van der Waals surface area contributed by atoms with Crippen LogP contribution >= 0.6 is 0 Å². The standard InChI is InChI=1S/C15H22FN3O2/c1-11(2)18(10-12-5-4-8-17-9-12)14-7-3-6-13(16)15(14)19(20)21/h3,6-7,11-12,17H,4-5,8-10H2,1-2H3. The number of halogens is 1. The summed E-state index contributed by atoms with van der Waals surface area (Å²) < 4.78 is 13.8. The number of para-hydroxylation sites is 1. The lowest BCUT2D eigenvalue weighted by Gasteiger charge is -2.34. The molecule has 21 heavy (non-hydrogen) atoms. The predicted octanol–water partition coefficient (Wildman–Crippen LogP) is 2.95. The maximum atomic E-state index is 13.8. The van der Waals surface area contributed by atoms with Crippen LogP contribution in [0.3, 0.4) is 0 Å². The lowest BCUT2D eigenvalue weighted by atomic mass is 9.98. The van der Waals surface area contributed by atoms with Gasteiger partial charge in [-0.2, -0.15) is 4.39 Å². The van der Waals surface area contributed by atoms with Crippen molar-refractivity contribution in [1.82, 2.24) is 5.32 Å². The van der Waals surface area contributed by atoms with Gasteiger partial charge < -0.3 is 10.2 Å². The van der Waals surface area contributed by atoms with E-state index in [1.54, 1.807) is 6.07 Å². The Morgan fingerprint density at radius 3 is 2.86 bits per heavy atom. The molecule has 116 valence electrons. The summed E-state index contributed by atoms with van der Waals surface area (Å²) in [5.74, 6) is -0.339. The molecular weight excluding hydrogens is 273 g/mol. The van der Waals surface area contributed by atoms with E-state index in [2.05, 4.69) is 5.32 Å². The molecule has 1 aliphatic rings. The van der Waals surface area contributed by atoms with Gasteiger partial charge >= 0.3 is 5.69 Å². The third-order valence-corrected chi connectivity index (χ3v) is 3.93. The predicted molar refractivity (Wildman–Crippen MR) is 81.1 cm³/mol. The monoisotopic (exact) mass is 295 g/mol. The second-order valence-corrected chi connectivity index (χ2v) is 5.82. The smallest absolute Gasteiger partial charge is 0.327 e. The molecule has 1 aromatic rings. The largest absolute Gasteiger partial charge is 0.363 e. The summed E-state index contributed by atoms with van der Waals surface area (Å²) in [6, 6.07) is 4.39. The van der Waals surface area contributed by atoms with E-state index in [0.29, 0.717) is 18.2 Å². The fraction of sp³-hybridized carbons (Fsp3) is 0.600. The van der Waals surface area contributed by atoms with Crippen LogP contribution in [0, 0.1) is 21.8 Å². The lowest BCUT2D eigenvalue weighted by molar-refractivity contribution is -0.386. The first-order valence-corrected chi connectivity index (χ1v) is 7.41. The second-order valence-electron chi connectivity index (χ2n) is 5.82. The normalized spacial score (nSPS) is 18.8. The highest BCUT2D eigenvalue weighted by Crippen LogP contribution is 2.33. The van der Waals surface area contributed by atoms with Crippen LogP contribution in [-0.4, -0.2) is 30.6 Å². The minimum atomic E-state index is -0.773. The van der Waals surface area contributed by atoms with E-state index >= 15 is 0 Å². The van der Waals surface area contributed by atoms with Crippen LogP contribution in [0.4, 0.5) is 15.8 Å². The quantitative estimate of drug-likeness (QED) is 0.670. The highest BCUT2D eigenvalue weighted by molar-refractivity contribution is 5.64. The third kappa shape index (κ3) is 3.69. The van der Waals surface area contributed by atoms with Crippen molar-refractivity contribution in [1.29, 1.82) is 0 Å². The summed E-state index contributed by atoms with van der Waals surface area (Å²) in [5.41, 5.74) is -0.0458. The molecule has 1 saturated heterocycles. The fourth-order valence-electron chi connectivity index (χ4n) is 2.86.